The van der Waals surface area contributed by atoms with Gasteiger partial charge >= 0.3 is 5.97 Å². The molecule has 6 heteroatoms. The summed E-state index contributed by atoms with van der Waals surface area (Å²) in [5, 5.41) is 7.35. The molecule has 2 aliphatic heterocycles. The zero-order valence-electron chi connectivity index (χ0n) is 6.36. The topological polar surface area (TPSA) is 60.2 Å². The van der Waals surface area contributed by atoms with Crippen molar-refractivity contribution in [2.45, 2.75) is 11.3 Å². The van der Waals surface area contributed by atoms with Gasteiger partial charge < -0.3 is 9.47 Å². The maximum absolute atomic E-state index is 11.2. The Balaban J connectivity index is 2.30. The number of hydrogen-bond donors (Lipinski definition) is 0. The molecule has 0 unspecified atom stereocenters. The van der Waals surface area contributed by atoms with Crippen LogP contribution in [0.4, 0.5) is 0 Å². The number of cyclic esters (lactones) is 1. The van der Waals surface area contributed by atoms with E-state index in [4.69, 9.17) is 21.1 Å². The molecule has 1 fully saturated rings. The van der Waals surface area contributed by atoms with E-state index < -0.39 is 17.3 Å². The van der Waals surface area contributed by atoms with Crippen LogP contribution < -0.4 is 0 Å². The van der Waals surface area contributed by atoms with Crippen LogP contribution in [0.3, 0.4) is 0 Å². The minimum Gasteiger partial charge on any atom is -0.432 e. The second kappa shape index (κ2) is 2.40. The Morgan fingerprint density at radius 2 is 2.58 bits per heavy atom. The Bertz CT molecular complexity index is 257. The molecule has 0 N–H and O–H groups in total. The van der Waals surface area contributed by atoms with Crippen molar-refractivity contribution in [3.8, 4) is 0 Å². The van der Waals surface area contributed by atoms with Crippen molar-refractivity contribution in [1.29, 1.82) is 0 Å². The third-order valence-electron chi connectivity index (χ3n) is 2.06. The Morgan fingerprint density at radius 3 is 3.25 bits per heavy atom. The normalized spacial score (nSPS) is 44.7. The summed E-state index contributed by atoms with van der Waals surface area (Å²) in [7, 11) is 1.46. The molecule has 0 radical (unpaired) electrons. The number of carbonyl (C=O) groups excluding carboxylic acids is 1. The molecule has 0 spiro atoms. The van der Waals surface area contributed by atoms with Gasteiger partial charge in [-0.15, -0.1) is 0 Å². The fourth-order valence-corrected chi connectivity index (χ4v) is 1.64. The maximum Gasteiger partial charge on any atom is 0.354 e. The van der Waals surface area contributed by atoms with E-state index in [1.165, 1.54) is 7.11 Å². The Hall–Kier alpha value is -0.680. The summed E-state index contributed by atoms with van der Waals surface area (Å²) in [6.07, 6.45) is -0.606. The van der Waals surface area contributed by atoms with Crippen molar-refractivity contribution in [1.82, 2.24) is 0 Å². The van der Waals surface area contributed by atoms with E-state index in [0.29, 0.717) is 6.54 Å². The molecule has 0 bridgehead atoms. The van der Waals surface area contributed by atoms with Gasteiger partial charge in [-0.25, -0.2) is 4.79 Å². The number of halogens is 1. The van der Waals surface area contributed by atoms with E-state index in [1.54, 1.807) is 0 Å². The highest BCUT2D eigenvalue weighted by atomic mass is 35.5. The lowest BCUT2D eigenvalue weighted by molar-refractivity contribution is -0.161. The molecule has 0 aromatic rings. The summed E-state index contributed by atoms with van der Waals surface area (Å²) in [4.78, 5) is 9.84. The number of rotatable bonds is 1. The summed E-state index contributed by atoms with van der Waals surface area (Å²) >= 11 is 5.88. The predicted molar refractivity (Wildman–Crippen MR) is 38.7 cm³/mol. The van der Waals surface area contributed by atoms with Gasteiger partial charge in [0.15, 0.2) is 0 Å². The summed E-state index contributed by atoms with van der Waals surface area (Å²) in [6.45, 7) is 0.383. The van der Waals surface area contributed by atoms with Gasteiger partial charge in [-0.2, -0.15) is 10.2 Å². The molecule has 3 atom stereocenters. The molecule has 12 heavy (non-hydrogen) atoms. The van der Waals surface area contributed by atoms with Crippen LogP contribution in [0, 0.1) is 5.92 Å². The van der Waals surface area contributed by atoms with Crippen molar-refractivity contribution in [2.75, 3.05) is 13.7 Å². The van der Waals surface area contributed by atoms with Crippen LogP contribution in [0.5, 0.6) is 0 Å². The molecule has 0 aromatic carbocycles. The number of fused-ring (bicyclic) bond motifs is 1. The molecule has 66 valence electrons. The number of carbonyl (C=O) groups is 1. The summed E-state index contributed by atoms with van der Waals surface area (Å²) < 4.78 is 9.75. The first-order chi connectivity index (χ1) is 5.68. The largest absolute Gasteiger partial charge is 0.432 e. The van der Waals surface area contributed by atoms with Gasteiger partial charge in [0.1, 0.15) is 0 Å². The molecular formula is C6H7ClN2O3. The second-order valence-corrected chi connectivity index (χ2v) is 3.29. The van der Waals surface area contributed by atoms with E-state index >= 15 is 0 Å². The average molecular weight is 191 g/mol. The van der Waals surface area contributed by atoms with Gasteiger partial charge in [0.25, 0.3) is 5.00 Å². The number of hydrogen-bond acceptors (Lipinski definition) is 5. The highest BCUT2D eigenvalue weighted by Gasteiger charge is 2.60. The van der Waals surface area contributed by atoms with Crippen LogP contribution in [-0.2, 0) is 14.3 Å². The third kappa shape index (κ3) is 0.804. The van der Waals surface area contributed by atoms with E-state index in [-0.39, 0.29) is 5.92 Å². The highest BCUT2D eigenvalue weighted by molar-refractivity contribution is 6.34. The summed E-state index contributed by atoms with van der Waals surface area (Å²) in [5.74, 6) is -0.848. The van der Waals surface area contributed by atoms with Crippen molar-refractivity contribution in [3.05, 3.63) is 0 Å². The minimum absolute atomic E-state index is 0.281. The minimum atomic E-state index is -1.32. The van der Waals surface area contributed by atoms with Gasteiger partial charge in [-0.3, -0.25) is 0 Å². The monoisotopic (exact) mass is 190 g/mol. The Morgan fingerprint density at radius 1 is 1.83 bits per heavy atom. The zero-order chi connectivity index (χ0) is 8.77. The third-order valence-corrected chi connectivity index (χ3v) is 2.57. The van der Waals surface area contributed by atoms with Crippen LogP contribution in [0.25, 0.3) is 0 Å². The smallest absolute Gasteiger partial charge is 0.354 e. The second-order valence-electron chi connectivity index (χ2n) is 2.71. The number of ether oxygens (including phenoxy) is 2. The van der Waals surface area contributed by atoms with Crippen LogP contribution in [0.2, 0.25) is 0 Å². The molecule has 0 aliphatic carbocycles. The van der Waals surface area contributed by atoms with Crippen molar-refractivity contribution < 1.29 is 14.3 Å². The van der Waals surface area contributed by atoms with E-state index in [1.807, 2.05) is 0 Å². The number of nitrogens with zero attached hydrogens (tertiary/aromatic N) is 2. The first-order valence-corrected chi connectivity index (χ1v) is 3.87. The standard InChI is InChI=1S/C6H7ClN2O3/c1-11-4-3-2-8-9-6(3,7)5(10)12-4/h3-4H,2H2,1H3/t3-,4+,6-/m0/s1. The van der Waals surface area contributed by atoms with Crippen molar-refractivity contribution >= 4 is 17.6 Å². The fraction of sp³-hybridized carbons (Fsp3) is 0.833. The SMILES string of the molecule is CO[C@@H]1OC(=O)[C@@]2(Cl)N=NC[C@@H]12. The average Bonchev–Trinajstić information content (AvgIpc) is 2.51. The molecular weight excluding hydrogens is 184 g/mol. The summed E-state index contributed by atoms with van der Waals surface area (Å²) in [6, 6.07) is 0. The zero-order valence-corrected chi connectivity index (χ0v) is 7.11. The lowest BCUT2D eigenvalue weighted by Gasteiger charge is -2.13. The number of methoxy groups -OCH3 is 1. The molecule has 2 aliphatic rings. The lowest BCUT2D eigenvalue weighted by Crippen LogP contribution is -2.32. The fourth-order valence-electron chi connectivity index (χ4n) is 1.37. The first kappa shape index (κ1) is 7.94. The number of azo groups is 1. The molecule has 0 aromatic heterocycles. The van der Waals surface area contributed by atoms with Crippen LogP contribution in [-0.4, -0.2) is 30.9 Å². The predicted octanol–water partition coefficient (Wildman–Crippen LogP) is 0.533. The molecule has 2 rings (SSSR count). The first-order valence-electron chi connectivity index (χ1n) is 3.50. The van der Waals surface area contributed by atoms with Gasteiger partial charge in [-0.05, 0) is 0 Å². The van der Waals surface area contributed by atoms with Crippen molar-refractivity contribution in [3.63, 3.8) is 0 Å². The number of esters is 1. The van der Waals surface area contributed by atoms with E-state index in [2.05, 4.69) is 10.2 Å². The van der Waals surface area contributed by atoms with E-state index in [9.17, 15) is 4.79 Å². The van der Waals surface area contributed by atoms with Crippen LogP contribution in [0.15, 0.2) is 10.2 Å². The maximum atomic E-state index is 11.2. The molecule has 0 amide bonds. The summed E-state index contributed by atoms with van der Waals surface area (Å²) in [5.41, 5.74) is 0. The Labute approximate surface area is 73.7 Å². The Kier molecular flexibility index (Phi) is 1.59. The van der Waals surface area contributed by atoms with Crippen molar-refractivity contribution in [2.24, 2.45) is 16.1 Å². The molecule has 0 saturated carbocycles. The van der Waals surface area contributed by atoms with Gasteiger partial charge in [-0.1, -0.05) is 11.6 Å². The molecule has 2 heterocycles. The quantitative estimate of drug-likeness (QED) is 0.344. The van der Waals surface area contributed by atoms with E-state index in [0.717, 1.165) is 0 Å². The highest BCUT2D eigenvalue weighted by Crippen LogP contribution is 2.43. The van der Waals surface area contributed by atoms with Gasteiger partial charge in [0.2, 0.25) is 6.29 Å². The lowest BCUT2D eigenvalue weighted by atomic mass is 10.0. The molecule has 1 saturated heterocycles. The van der Waals surface area contributed by atoms with Gasteiger partial charge in [0.05, 0.1) is 12.5 Å². The van der Waals surface area contributed by atoms with Crippen LogP contribution >= 0.6 is 11.6 Å². The number of alkyl halides is 1. The molecule has 5 nitrogen and oxygen atoms in total. The van der Waals surface area contributed by atoms with Crippen LogP contribution in [0.1, 0.15) is 0 Å². The van der Waals surface area contributed by atoms with Gasteiger partial charge in [0, 0.05) is 7.11 Å².